The van der Waals surface area contributed by atoms with Crippen molar-refractivity contribution in [3.8, 4) is 11.5 Å². The molecule has 8 N–H and O–H groups in total. The molecule has 0 aliphatic carbocycles. The second-order valence-corrected chi connectivity index (χ2v) is 17.0. The van der Waals surface area contributed by atoms with Gasteiger partial charge in [-0.15, -0.1) is 0 Å². The van der Waals surface area contributed by atoms with Gasteiger partial charge in [-0.1, -0.05) is 65.7 Å². The Labute approximate surface area is 301 Å². The van der Waals surface area contributed by atoms with Crippen LogP contribution in [0.15, 0.2) is 54.6 Å². The monoisotopic (exact) mass is 747 g/mol. The van der Waals surface area contributed by atoms with Gasteiger partial charge in [0.05, 0.1) is 12.6 Å². The van der Waals surface area contributed by atoms with Gasteiger partial charge in [-0.2, -0.15) is 0 Å². The van der Waals surface area contributed by atoms with Gasteiger partial charge in [0.25, 0.3) is 0 Å². The summed E-state index contributed by atoms with van der Waals surface area (Å²) >= 11 is 0. The van der Waals surface area contributed by atoms with Crippen molar-refractivity contribution in [3.63, 3.8) is 0 Å². The summed E-state index contributed by atoms with van der Waals surface area (Å²) in [6.45, 7) is 11.1. The fraction of sp³-hybridized carbons (Fsp3) is 0.500. The molecule has 15 heteroatoms. The molecule has 0 bridgehead atoms. The molecule has 0 spiro atoms. The number of hydrogen-bond acceptors (Lipinski definition) is 9. The van der Waals surface area contributed by atoms with E-state index in [1.165, 1.54) is 5.56 Å². The van der Waals surface area contributed by atoms with E-state index < -0.39 is 27.8 Å². The standard InChI is InChI=1S/C36H55N5O8P2/c1-28-17-31(21-37-26-50(44,45)46)35(42)33(19-28)24-40-13-6-11-39(23-30-9-4-3-5-10-30)12-7-14-41(16-8-15-40)25-34-20-29(2)18-32(36(34)43)22-38-27-51(47,48)49/h3-5,9-10,17-20,37-38,42-43H,6-8,11-16,21-27H2,1-2H3,(H2,44,45,46)(H2,47,48,49). The summed E-state index contributed by atoms with van der Waals surface area (Å²) in [5, 5.41) is 28.0. The van der Waals surface area contributed by atoms with Crippen LogP contribution < -0.4 is 10.6 Å². The normalized spacial score (nSPS) is 16.5. The molecule has 0 unspecified atom stereocenters. The van der Waals surface area contributed by atoms with E-state index in [1.807, 2.05) is 44.2 Å². The molecular weight excluding hydrogens is 692 g/mol. The molecule has 1 aliphatic rings. The summed E-state index contributed by atoms with van der Waals surface area (Å²) in [6.07, 6.45) is 1.84. The topological polar surface area (TPSA) is 189 Å². The molecule has 3 aromatic carbocycles. The molecule has 282 valence electrons. The van der Waals surface area contributed by atoms with Crippen molar-refractivity contribution in [3.05, 3.63) is 93.5 Å². The third-order valence-electron chi connectivity index (χ3n) is 8.97. The van der Waals surface area contributed by atoms with Gasteiger partial charge >= 0.3 is 15.2 Å². The van der Waals surface area contributed by atoms with Crippen molar-refractivity contribution in [1.29, 1.82) is 0 Å². The van der Waals surface area contributed by atoms with Gasteiger partial charge in [0.15, 0.2) is 0 Å². The smallest absolute Gasteiger partial charge is 0.339 e. The predicted molar refractivity (Wildman–Crippen MR) is 199 cm³/mol. The lowest BCUT2D eigenvalue weighted by atomic mass is 10.0. The van der Waals surface area contributed by atoms with Crippen LogP contribution in [0, 0.1) is 13.8 Å². The molecule has 4 rings (SSSR count). The number of aryl methyl sites for hydroxylation is 2. The number of rotatable bonds is 14. The Morgan fingerprint density at radius 2 is 0.922 bits per heavy atom. The Morgan fingerprint density at radius 1 is 0.569 bits per heavy atom. The molecule has 0 amide bonds. The minimum Gasteiger partial charge on any atom is -0.507 e. The first-order valence-corrected chi connectivity index (χ1v) is 21.1. The van der Waals surface area contributed by atoms with E-state index in [9.17, 15) is 38.9 Å². The zero-order chi connectivity index (χ0) is 37.0. The summed E-state index contributed by atoms with van der Waals surface area (Å²) in [5.41, 5.74) is 5.92. The molecule has 0 atom stereocenters. The highest BCUT2D eigenvalue weighted by Crippen LogP contribution is 2.34. The van der Waals surface area contributed by atoms with Crippen molar-refractivity contribution in [2.45, 2.75) is 65.8 Å². The fourth-order valence-corrected chi connectivity index (χ4v) is 7.54. The maximum absolute atomic E-state index is 11.3. The maximum atomic E-state index is 11.3. The Bertz CT molecular complexity index is 1550. The number of phenols is 2. The average molecular weight is 748 g/mol. The van der Waals surface area contributed by atoms with Gasteiger partial charge in [-0.05, 0) is 77.9 Å². The summed E-state index contributed by atoms with van der Waals surface area (Å²) in [7, 11) is -8.44. The minimum absolute atomic E-state index is 0.137. The first-order valence-electron chi connectivity index (χ1n) is 17.5. The predicted octanol–water partition coefficient (Wildman–Crippen LogP) is 4.15. The molecule has 0 saturated carbocycles. The van der Waals surface area contributed by atoms with Crippen LogP contribution in [-0.4, -0.2) is 96.3 Å². The molecule has 1 aliphatic heterocycles. The lowest BCUT2D eigenvalue weighted by Gasteiger charge is -2.31. The highest BCUT2D eigenvalue weighted by atomic mass is 31.2. The van der Waals surface area contributed by atoms with Crippen LogP contribution in [-0.2, 0) is 41.9 Å². The second-order valence-electron chi connectivity index (χ2n) is 13.7. The van der Waals surface area contributed by atoms with Gasteiger partial charge in [0, 0.05) is 55.0 Å². The zero-order valence-corrected chi connectivity index (χ0v) is 31.5. The maximum Gasteiger partial charge on any atom is 0.339 e. The average Bonchev–Trinajstić information content (AvgIpc) is 3.03. The summed E-state index contributed by atoms with van der Waals surface area (Å²) < 4.78 is 22.7. The minimum atomic E-state index is -4.22. The van der Waals surface area contributed by atoms with Crippen LogP contribution in [0.5, 0.6) is 11.5 Å². The van der Waals surface area contributed by atoms with E-state index in [2.05, 4.69) is 49.6 Å². The summed E-state index contributed by atoms with van der Waals surface area (Å²) in [6, 6.07) is 18.0. The molecule has 13 nitrogen and oxygen atoms in total. The summed E-state index contributed by atoms with van der Waals surface area (Å²) in [4.78, 5) is 44.2. The molecule has 0 aromatic heterocycles. The van der Waals surface area contributed by atoms with Gasteiger partial charge in [0.1, 0.15) is 11.5 Å². The number of nitrogens with one attached hydrogen (secondary N) is 2. The third kappa shape index (κ3) is 14.7. The van der Waals surface area contributed by atoms with E-state index >= 15 is 0 Å². The van der Waals surface area contributed by atoms with E-state index in [0.29, 0.717) is 24.2 Å². The third-order valence-corrected chi connectivity index (χ3v) is 10.2. The first kappa shape index (κ1) is 41.1. The zero-order valence-electron chi connectivity index (χ0n) is 29.7. The van der Waals surface area contributed by atoms with Gasteiger partial charge in [0.2, 0.25) is 0 Å². The van der Waals surface area contributed by atoms with Crippen LogP contribution in [0.3, 0.4) is 0 Å². The van der Waals surface area contributed by atoms with E-state index in [1.54, 1.807) is 0 Å². The van der Waals surface area contributed by atoms with Crippen molar-refractivity contribution < 1.29 is 38.9 Å². The van der Waals surface area contributed by atoms with Crippen LogP contribution in [0.1, 0.15) is 58.2 Å². The Morgan fingerprint density at radius 3 is 1.29 bits per heavy atom. The van der Waals surface area contributed by atoms with E-state index in [-0.39, 0.29) is 24.6 Å². The Kier molecular flexibility index (Phi) is 15.7. The summed E-state index contributed by atoms with van der Waals surface area (Å²) in [5.74, 6) is 0.275. The highest BCUT2D eigenvalue weighted by molar-refractivity contribution is 7.51. The molecule has 1 heterocycles. The quantitative estimate of drug-likeness (QED) is 0.110. The van der Waals surface area contributed by atoms with Gasteiger partial charge < -0.3 is 40.4 Å². The number of nitrogens with zero attached hydrogens (tertiary/aromatic N) is 3. The SMILES string of the molecule is Cc1cc(CNCP(=O)(O)O)c(O)c(CN2CCCN(Cc3ccccc3)CCCN(Cc3cc(C)cc(CNCP(=O)(O)O)c3O)CCC2)c1. The van der Waals surface area contributed by atoms with Crippen molar-refractivity contribution in [1.82, 2.24) is 25.3 Å². The highest BCUT2D eigenvalue weighted by Gasteiger charge is 2.20. The first-order chi connectivity index (χ1) is 24.1. The fourth-order valence-electron chi connectivity index (χ4n) is 6.74. The van der Waals surface area contributed by atoms with Crippen LogP contribution in [0.2, 0.25) is 0 Å². The number of phenolic OH excluding ortho intramolecular Hbond substituents is 2. The van der Waals surface area contributed by atoms with Gasteiger partial charge in [-0.3, -0.25) is 23.8 Å². The molecule has 1 fully saturated rings. The number of aromatic hydroxyl groups is 2. The lowest BCUT2D eigenvalue weighted by molar-refractivity contribution is 0.171. The Balaban J connectivity index is 1.51. The molecule has 0 radical (unpaired) electrons. The van der Waals surface area contributed by atoms with E-state index in [0.717, 1.165) is 87.3 Å². The molecule has 51 heavy (non-hydrogen) atoms. The second kappa shape index (κ2) is 19.4. The van der Waals surface area contributed by atoms with Gasteiger partial charge in [-0.25, -0.2) is 0 Å². The molecule has 3 aromatic rings. The van der Waals surface area contributed by atoms with Crippen molar-refractivity contribution in [2.75, 3.05) is 51.8 Å². The number of benzene rings is 3. The largest absolute Gasteiger partial charge is 0.507 e. The van der Waals surface area contributed by atoms with E-state index in [4.69, 9.17) is 0 Å². The molecule has 1 saturated heterocycles. The lowest BCUT2D eigenvalue weighted by Crippen LogP contribution is -2.36. The number of hydrogen-bond donors (Lipinski definition) is 8. The Hall–Kier alpha value is -2.64. The van der Waals surface area contributed by atoms with Crippen LogP contribution in [0.25, 0.3) is 0 Å². The van der Waals surface area contributed by atoms with Crippen molar-refractivity contribution >= 4 is 15.2 Å². The van der Waals surface area contributed by atoms with Crippen LogP contribution in [0.4, 0.5) is 0 Å². The molecular formula is C36H55N5O8P2. The van der Waals surface area contributed by atoms with Crippen molar-refractivity contribution in [2.24, 2.45) is 0 Å². The van der Waals surface area contributed by atoms with Crippen LogP contribution >= 0.6 is 15.2 Å².